The standard InChI is InChI=1S/C17H15ClN4/c18-16-14(4-3-12-7-9-19-10-8-12)5-6-15-17(16)20-21-22(15)11-13-1-2-13/h5-10,13,20-21H,1-2,11H2. The second kappa shape index (κ2) is 5.53. The Bertz CT molecular complexity index is 759. The van der Waals surface area contributed by atoms with E-state index in [1.165, 1.54) is 12.8 Å². The van der Waals surface area contributed by atoms with Crippen molar-refractivity contribution in [3.8, 4) is 11.8 Å². The van der Waals surface area contributed by atoms with Crippen molar-refractivity contribution in [1.29, 1.82) is 0 Å². The highest BCUT2D eigenvalue weighted by Gasteiger charge is 2.29. The summed E-state index contributed by atoms with van der Waals surface area (Å²) in [5.41, 5.74) is 10.1. The Balaban J connectivity index is 1.62. The highest BCUT2D eigenvalue weighted by atomic mass is 35.5. The van der Waals surface area contributed by atoms with Gasteiger partial charge in [0.1, 0.15) is 0 Å². The minimum Gasteiger partial charge on any atom is -0.300 e. The zero-order valence-corrected chi connectivity index (χ0v) is 12.7. The average Bonchev–Trinajstić information content (AvgIpc) is 3.27. The molecule has 0 atom stereocenters. The van der Waals surface area contributed by atoms with Crippen LogP contribution in [0.15, 0.2) is 36.7 Å². The Kier molecular flexibility index (Phi) is 3.38. The van der Waals surface area contributed by atoms with Gasteiger partial charge in [-0.25, -0.2) is 0 Å². The molecule has 2 aliphatic rings. The van der Waals surface area contributed by atoms with Gasteiger partial charge in [0.25, 0.3) is 0 Å². The van der Waals surface area contributed by atoms with Crippen LogP contribution in [0, 0.1) is 17.8 Å². The SMILES string of the molecule is Clc1c(C#Cc2ccncc2)ccc2c1NNN2CC1CC1. The summed E-state index contributed by atoms with van der Waals surface area (Å²) in [5.74, 6) is 7.04. The van der Waals surface area contributed by atoms with E-state index >= 15 is 0 Å². The third-order valence-electron chi connectivity index (χ3n) is 3.89. The molecule has 1 saturated carbocycles. The van der Waals surface area contributed by atoms with E-state index in [0.717, 1.165) is 35.0 Å². The van der Waals surface area contributed by atoms with Gasteiger partial charge in [0.15, 0.2) is 0 Å². The summed E-state index contributed by atoms with van der Waals surface area (Å²) in [5, 5.41) is 2.78. The number of anilines is 2. The summed E-state index contributed by atoms with van der Waals surface area (Å²) in [6.45, 7) is 1.01. The van der Waals surface area contributed by atoms with Crippen molar-refractivity contribution < 1.29 is 0 Å². The van der Waals surface area contributed by atoms with Crippen LogP contribution in [-0.4, -0.2) is 11.5 Å². The molecule has 1 fully saturated rings. The number of aromatic nitrogens is 1. The van der Waals surface area contributed by atoms with Crippen molar-refractivity contribution in [1.82, 2.24) is 10.5 Å². The van der Waals surface area contributed by atoms with E-state index in [4.69, 9.17) is 11.6 Å². The molecule has 4 rings (SSSR count). The van der Waals surface area contributed by atoms with E-state index in [-0.39, 0.29) is 0 Å². The molecule has 2 N–H and O–H groups in total. The smallest absolute Gasteiger partial charge is 0.0953 e. The summed E-state index contributed by atoms with van der Waals surface area (Å²) < 4.78 is 0. The summed E-state index contributed by atoms with van der Waals surface area (Å²) in [7, 11) is 0. The number of fused-ring (bicyclic) bond motifs is 1. The molecule has 5 heteroatoms. The third kappa shape index (κ3) is 2.61. The Labute approximate surface area is 134 Å². The molecule has 4 nitrogen and oxygen atoms in total. The lowest BCUT2D eigenvalue weighted by atomic mass is 10.1. The molecule has 1 aliphatic heterocycles. The molecule has 0 radical (unpaired) electrons. The van der Waals surface area contributed by atoms with Gasteiger partial charge in [-0.3, -0.25) is 9.99 Å². The molecule has 110 valence electrons. The predicted octanol–water partition coefficient (Wildman–Crippen LogP) is 3.20. The molecule has 0 unspecified atom stereocenters. The van der Waals surface area contributed by atoms with Crippen LogP contribution < -0.4 is 16.0 Å². The van der Waals surface area contributed by atoms with Crippen LogP contribution in [0.25, 0.3) is 0 Å². The second-order valence-corrected chi connectivity index (χ2v) is 5.98. The Hall–Kier alpha value is -2.22. The number of nitrogens with zero attached hydrogens (tertiary/aromatic N) is 2. The predicted molar refractivity (Wildman–Crippen MR) is 88.5 cm³/mol. The topological polar surface area (TPSA) is 40.2 Å². The molecule has 2 heterocycles. The van der Waals surface area contributed by atoms with Gasteiger partial charge in [-0.05, 0) is 43.0 Å². The first-order valence-electron chi connectivity index (χ1n) is 7.35. The van der Waals surface area contributed by atoms with Crippen LogP contribution in [-0.2, 0) is 0 Å². The molecule has 0 bridgehead atoms. The highest BCUT2D eigenvalue weighted by Crippen LogP contribution is 2.40. The van der Waals surface area contributed by atoms with Gasteiger partial charge in [-0.2, -0.15) is 0 Å². The number of benzene rings is 1. The quantitative estimate of drug-likeness (QED) is 0.836. The number of pyridine rings is 1. The average molecular weight is 311 g/mol. The van der Waals surface area contributed by atoms with Crippen LogP contribution in [0.4, 0.5) is 11.4 Å². The number of rotatable bonds is 2. The van der Waals surface area contributed by atoms with Crippen LogP contribution in [0.1, 0.15) is 24.0 Å². The van der Waals surface area contributed by atoms with E-state index < -0.39 is 0 Å². The number of hydrogen-bond acceptors (Lipinski definition) is 4. The minimum atomic E-state index is 0.657. The molecule has 1 aromatic carbocycles. The minimum absolute atomic E-state index is 0.657. The highest BCUT2D eigenvalue weighted by molar-refractivity contribution is 6.35. The lowest BCUT2D eigenvalue weighted by molar-refractivity contribution is 0.674. The zero-order valence-electron chi connectivity index (χ0n) is 11.9. The maximum absolute atomic E-state index is 6.49. The van der Waals surface area contributed by atoms with Crippen molar-refractivity contribution in [2.75, 3.05) is 17.0 Å². The van der Waals surface area contributed by atoms with Crippen molar-refractivity contribution in [3.63, 3.8) is 0 Å². The monoisotopic (exact) mass is 310 g/mol. The van der Waals surface area contributed by atoms with E-state index in [1.54, 1.807) is 12.4 Å². The van der Waals surface area contributed by atoms with E-state index in [2.05, 4.69) is 38.9 Å². The van der Waals surface area contributed by atoms with Crippen molar-refractivity contribution in [2.24, 2.45) is 5.92 Å². The summed E-state index contributed by atoms with van der Waals surface area (Å²) in [6, 6.07) is 7.80. The fourth-order valence-corrected chi connectivity index (χ4v) is 2.72. The number of nitrogens with one attached hydrogen (secondary N) is 2. The van der Waals surface area contributed by atoms with Crippen molar-refractivity contribution in [2.45, 2.75) is 12.8 Å². The molecular weight excluding hydrogens is 296 g/mol. The maximum atomic E-state index is 6.49. The van der Waals surface area contributed by atoms with Gasteiger partial charge in [-0.1, -0.05) is 23.4 Å². The first-order valence-corrected chi connectivity index (χ1v) is 7.73. The van der Waals surface area contributed by atoms with Gasteiger partial charge in [0.05, 0.1) is 16.4 Å². The lowest BCUT2D eigenvalue weighted by Crippen LogP contribution is -2.37. The first kappa shape index (κ1) is 13.4. The van der Waals surface area contributed by atoms with Gasteiger partial charge in [0.2, 0.25) is 0 Å². The van der Waals surface area contributed by atoms with E-state index in [9.17, 15) is 0 Å². The second-order valence-electron chi connectivity index (χ2n) is 5.60. The normalized spacial score (nSPS) is 15.8. The fraction of sp³-hybridized carbons (Fsp3) is 0.235. The summed E-state index contributed by atoms with van der Waals surface area (Å²) in [4.78, 5) is 3.98. The number of hydrogen-bond donors (Lipinski definition) is 2. The molecule has 1 aliphatic carbocycles. The molecule has 0 amide bonds. The maximum Gasteiger partial charge on any atom is 0.0953 e. The van der Waals surface area contributed by atoms with E-state index in [1.807, 2.05) is 18.2 Å². The molecule has 22 heavy (non-hydrogen) atoms. The van der Waals surface area contributed by atoms with Gasteiger partial charge in [0, 0.05) is 30.1 Å². The molecular formula is C17H15ClN4. The van der Waals surface area contributed by atoms with Crippen molar-refractivity contribution in [3.05, 3.63) is 52.8 Å². The van der Waals surface area contributed by atoms with Crippen molar-refractivity contribution >= 4 is 23.0 Å². The number of hydrazine groups is 2. The number of halogens is 1. The van der Waals surface area contributed by atoms with E-state index in [0.29, 0.717) is 5.02 Å². The van der Waals surface area contributed by atoms with Crippen LogP contribution in [0.5, 0.6) is 0 Å². The largest absolute Gasteiger partial charge is 0.300 e. The van der Waals surface area contributed by atoms with Crippen LogP contribution in [0.2, 0.25) is 5.02 Å². The molecule has 1 aromatic heterocycles. The lowest BCUT2D eigenvalue weighted by Gasteiger charge is -2.17. The van der Waals surface area contributed by atoms with Crippen LogP contribution in [0.3, 0.4) is 0 Å². The molecule has 2 aromatic rings. The Morgan fingerprint density at radius 1 is 1.18 bits per heavy atom. The zero-order chi connectivity index (χ0) is 14.9. The summed E-state index contributed by atoms with van der Waals surface area (Å²) >= 11 is 6.49. The first-order chi connectivity index (χ1) is 10.8. The Morgan fingerprint density at radius 3 is 2.77 bits per heavy atom. The van der Waals surface area contributed by atoms with Gasteiger partial charge < -0.3 is 5.43 Å². The third-order valence-corrected chi connectivity index (χ3v) is 4.28. The molecule has 0 saturated heterocycles. The van der Waals surface area contributed by atoms with Gasteiger partial charge >= 0.3 is 0 Å². The Morgan fingerprint density at radius 2 is 2.00 bits per heavy atom. The van der Waals surface area contributed by atoms with Gasteiger partial charge in [-0.15, -0.1) is 5.53 Å². The summed E-state index contributed by atoms with van der Waals surface area (Å²) in [6.07, 6.45) is 6.10. The van der Waals surface area contributed by atoms with Crippen LogP contribution >= 0.6 is 11.6 Å². The fourth-order valence-electron chi connectivity index (χ4n) is 2.47. The molecule has 0 spiro atoms.